The zero-order valence-corrected chi connectivity index (χ0v) is 10.9. The van der Waals surface area contributed by atoms with Crippen LogP contribution in [0.5, 0.6) is 0 Å². The van der Waals surface area contributed by atoms with Gasteiger partial charge in [-0.2, -0.15) is 0 Å². The number of pyridine rings is 1. The van der Waals surface area contributed by atoms with Crippen LogP contribution in [0.3, 0.4) is 0 Å². The number of benzene rings is 1. The maximum Gasteiger partial charge on any atom is 0.338 e. The predicted octanol–water partition coefficient (Wildman–Crippen LogP) is 2.60. The summed E-state index contributed by atoms with van der Waals surface area (Å²) in [5.41, 5.74) is -0.802. The minimum atomic E-state index is -1.56. The highest BCUT2D eigenvalue weighted by molar-refractivity contribution is 5.90. The van der Waals surface area contributed by atoms with Crippen molar-refractivity contribution in [2.45, 2.75) is 0 Å². The molecule has 1 aromatic carbocycles. The van der Waals surface area contributed by atoms with E-state index >= 15 is 0 Å². The summed E-state index contributed by atoms with van der Waals surface area (Å²) in [5.74, 6) is -2.61. The number of aromatic nitrogens is 1. The molecule has 8 heteroatoms. The van der Waals surface area contributed by atoms with E-state index in [1.54, 1.807) is 12.1 Å². The van der Waals surface area contributed by atoms with Gasteiger partial charge in [0, 0.05) is 25.4 Å². The van der Waals surface area contributed by atoms with Crippen molar-refractivity contribution in [1.29, 1.82) is 0 Å². The first-order valence-electron chi connectivity index (χ1n) is 5.77. The largest absolute Gasteiger partial charge is 0.478 e. The van der Waals surface area contributed by atoms with Crippen molar-refractivity contribution in [3.8, 4) is 0 Å². The Kier molecular flexibility index (Phi) is 3.79. The number of hydrogen-bond donors (Lipinski definition) is 1. The van der Waals surface area contributed by atoms with Gasteiger partial charge in [0.2, 0.25) is 0 Å². The quantitative estimate of drug-likeness (QED) is 0.687. The van der Waals surface area contributed by atoms with Crippen molar-refractivity contribution in [3.05, 3.63) is 58.2 Å². The fraction of sp³-hybridized carbons (Fsp3) is 0.0769. The van der Waals surface area contributed by atoms with E-state index in [9.17, 15) is 19.3 Å². The normalized spacial score (nSPS) is 10.2. The number of carbonyl (C=O) groups is 1. The zero-order chi connectivity index (χ0) is 15.6. The molecule has 1 aromatic heterocycles. The maximum atomic E-state index is 13.8. The molecular formula is C13H10FN3O4. The summed E-state index contributed by atoms with van der Waals surface area (Å²) in [6, 6.07) is 4.80. The Hall–Kier alpha value is -3.03. The van der Waals surface area contributed by atoms with Crippen molar-refractivity contribution in [3.63, 3.8) is 0 Å². The number of halogens is 1. The van der Waals surface area contributed by atoms with Crippen LogP contribution in [0.2, 0.25) is 0 Å². The molecule has 0 aliphatic rings. The lowest BCUT2D eigenvalue weighted by atomic mass is 10.1. The van der Waals surface area contributed by atoms with Crippen LogP contribution in [0, 0.1) is 15.9 Å². The highest BCUT2D eigenvalue weighted by Gasteiger charge is 2.24. The van der Waals surface area contributed by atoms with Gasteiger partial charge < -0.3 is 10.0 Å². The summed E-state index contributed by atoms with van der Waals surface area (Å²) in [7, 11) is 1.50. The molecule has 0 spiro atoms. The molecule has 0 saturated heterocycles. The van der Waals surface area contributed by atoms with Crippen LogP contribution in [0.25, 0.3) is 0 Å². The van der Waals surface area contributed by atoms with Gasteiger partial charge in [-0.05, 0) is 12.1 Å². The smallest absolute Gasteiger partial charge is 0.338 e. The molecule has 7 nitrogen and oxygen atoms in total. The third kappa shape index (κ3) is 2.78. The summed E-state index contributed by atoms with van der Waals surface area (Å²) in [6.07, 6.45) is 2.98. The number of nitrogens with zero attached hydrogens (tertiary/aromatic N) is 3. The van der Waals surface area contributed by atoms with Gasteiger partial charge in [0.25, 0.3) is 5.69 Å². The molecule has 0 aliphatic heterocycles. The number of carboxylic acids is 1. The fourth-order valence-corrected chi connectivity index (χ4v) is 1.82. The van der Waals surface area contributed by atoms with Gasteiger partial charge >= 0.3 is 5.97 Å². The molecule has 0 aliphatic carbocycles. The molecule has 0 amide bonds. The molecule has 21 heavy (non-hydrogen) atoms. The number of anilines is 2. The molecule has 0 unspecified atom stereocenters. The Morgan fingerprint density at radius 2 is 2.19 bits per heavy atom. The molecule has 1 heterocycles. The molecule has 1 N–H and O–H groups in total. The lowest BCUT2D eigenvalue weighted by molar-refractivity contribution is -0.384. The second-order valence-electron chi connectivity index (χ2n) is 4.15. The van der Waals surface area contributed by atoms with Gasteiger partial charge in [-0.3, -0.25) is 15.1 Å². The predicted molar refractivity (Wildman–Crippen MR) is 72.3 cm³/mol. The first-order chi connectivity index (χ1) is 9.91. The van der Waals surface area contributed by atoms with E-state index in [2.05, 4.69) is 4.98 Å². The van der Waals surface area contributed by atoms with E-state index in [0.717, 1.165) is 6.07 Å². The summed E-state index contributed by atoms with van der Waals surface area (Å²) in [6.45, 7) is 0. The number of carboxylic acid groups (broad SMARTS) is 1. The zero-order valence-electron chi connectivity index (χ0n) is 10.9. The minimum Gasteiger partial charge on any atom is -0.478 e. The van der Waals surface area contributed by atoms with Crippen molar-refractivity contribution >= 4 is 23.0 Å². The number of nitro benzene ring substituents is 1. The first kappa shape index (κ1) is 14.4. The minimum absolute atomic E-state index is 0.0597. The Morgan fingerprint density at radius 3 is 2.71 bits per heavy atom. The Labute approximate surface area is 118 Å². The Balaban J connectivity index is 2.60. The van der Waals surface area contributed by atoms with E-state index in [0.29, 0.717) is 11.8 Å². The van der Waals surface area contributed by atoms with Gasteiger partial charge in [0.05, 0.1) is 16.8 Å². The molecule has 0 atom stereocenters. The summed E-state index contributed by atoms with van der Waals surface area (Å²) < 4.78 is 13.8. The van der Waals surface area contributed by atoms with Crippen LogP contribution in [0.1, 0.15) is 10.4 Å². The molecule has 2 rings (SSSR count). The second kappa shape index (κ2) is 5.53. The third-order valence-electron chi connectivity index (χ3n) is 2.89. The summed E-state index contributed by atoms with van der Waals surface area (Å²) in [4.78, 5) is 26.4. The summed E-state index contributed by atoms with van der Waals surface area (Å²) in [5, 5.41) is 19.9. The fourth-order valence-electron chi connectivity index (χ4n) is 1.82. The molecule has 0 fully saturated rings. The van der Waals surface area contributed by atoms with Gasteiger partial charge in [-0.25, -0.2) is 9.18 Å². The van der Waals surface area contributed by atoms with Crippen molar-refractivity contribution in [1.82, 2.24) is 4.98 Å². The van der Waals surface area contributed by atoms with Crippen LogP contribution in [-0.2, 0) is 0 Å². The van der Waals surface area contributed by atoms with E-state index in [-0.39, 0.29) is 5.69 Å². The maximum absolute atomic E-state index is 13.8. The lowest BCUT2D eigenvalue weighted by Crippen LogP contribution is -2.13. The molecule has 0 radical (unpaired) electrons. The van der Waals surface area contributed by atoms with Crippen LogP contribution in [0.4, 0.5) is 21.5 Å². The van der Waals surface area contributed by atoms with E-state index in [1.165, 1.54) is 24.3 Å². The first-order valence-corrected chi connectivity index (χ1v) is 5.77. The SMILES string of the molecule is CN(c1cccnc1)c1cc(F)c(C(=O)O)cc1[N+](=O)[O-]. The highest BCUT2D eigenvalue weighted by atomic mass is 19.1. The van der Waals surface area contributed by atoms with Crippen LogP contribution in [-0.4, -0.2) is 28.0 Å². The van der Waals surface area contributed by atoms with Gasteiger partial charge in [0.15, 0.2) is 0 Å². The monoisotopic (exact) mass is 291 g/mol. The van der Waals surface area contributed by atoms with Crippen LogP contribution >= 0.6 is 0 Å². The van der Waals surface area contributed by atoms with Crippen molar-refractivity contribution in [2.75, 3.05) is 11.9 Å². The number of hydrogen-bond acceptors (Lipinski definition) is 5. The Bertz CT molecular complexity index is 706. The van der Waals surface area contributed by atoms with Crippen molar-refractivity contribution < 1.29 is 19.2 Å². The number of rotatable bonds is 4. The third-order valence-corrected chi connectivity index (χ3v) is 2.89. The van der Waals surface area contributed by atoms with E-state index in [4.69, 9.17) is 5.11 Å². The average Bonchev–Trinajstić information content (AvgIpc) is 2.46. The van der Waals surface area contributed by atoms with Gasteiger partial charge in [-0.1, -0.05) is 0 Å². The molecular weight excluding hydrogens is 281 g/mol. The Morgan fingerprint density at radius 1 is 1.48 bits per heavy atom. The molecule has 2 aromatic rings. The number of aromatic carboxylic acids is 1. The molecule has 108 valence electrons. The van der Waals surface area contributed by atoms with Gasteiger partial charge in [-0.15, -0.1) is 0 Å². The second-order valence-corrected chi connectivity index (χ2v) is 4.15. The number of nitro groups is 1. The highest BCUT2D eigenvalue weighted by Crippen LogP contribution is 2.34. The summed E-state index contributed by atoms with van der Waals surface area (Å²) >= 11 is 0. The van der Waals surface area contributed by atoms with E-state index < -0.39 is 28.0 Å². The van der Waals surface area contributed by atoms with Crippen LogP contribution < -0.4 is 4.90 Å². The van der Waals surface area contributed by atoms with Gasteiger partial charge in [0.1, 0.15) is 17.1 Å². The standard InChI is InChI=1S/C13H10FN3O4/c1-16(8-3-2-4-15-7-8)11-6-10(14)9(13(18)19)5-12(11)17(20)21/h2-7H,1H3,(H,18,19). The van der Waals surface area contributed by atoms with Crippen molar-refractivity contribution in [2.24, 2.45) is 0 Å². The van der Waals surface area contributed by atoms with E-state index in [1.807, 2.05) is 0 Å². The van der Waals surface area contributed by atoms with Crippen LogP contribution in [0.15, 0.2) is 36.7 Å². The topological polar surface area (TPSA) is 96.6 Å². The lowest BCUT2D eigenvalue weighted by Gasteiger charge is -2.19. The molecule has 0 bridgehead atoms. The molecule has 0 saturated carbocycles. The average molecular weight is 291 g/mol.